The van der Waals surface area contributed by atoms with Gasteiger partial charge in [0.15, 0.2) is 4.21 Å². The third-order valence-corrected chi connectivity index (χ3v) is 8.31. The van der Waals surface area contributed by atoms with E-state index in [1.165, 1.54) is 6.07 Å². The number of carbonyl (C=O) groups is 2. The van der Waals surface area contributed by atoms with Crippen LogP contribution >= 0.6 is 38.9 Å². The van der Waals surface area contributed by atoms with Crippen molar-refractivity contribution >= 4 is 66.8 Å². The van der Waals surface area contributed by atoms with Crippen molar-refractivity contribution in [1.82, 2.24) is 4.72 Å². The van der Waals surface area contributed by atoms with E-state index in [4.69, 9.17) is 42.5 Å². The van der Waals surface area contributed by atoms with Crippen LogP contribution in [0.5, 0.6) is 5.75 Å². The smallest absolute Gasteiger partial charge is 0.490 e. The number of ether oxygens (including phenoxy) is 1. The number of carboxylic acid groups (broad SMARTS) is 2. The summed E-state index contributed by atoms with van der Waals surface area (Å²) in [5, 5.41) is 20.0. The molecule has 0 radical (unpaired) electrons. The van der Waals surface area contributed by atoms with Crippen LogP contribution in [0.1, 0.15) is 12.0 Å². The molecule has 0 aliphatic rings. The van der Waals surface area contributed by atoms with Crippen molar-refractivity contribution in [3.63, 3.8) is 0 Å². The number of carboxylic acids is 2. The van der Waals surface area contributed by atoms with Gasteiger partial charge in [0, 0.05) is 6.42 Å². The summed E-state index contributed by atoms with van der Waals surface area (Å²) in [6.45, 7) is 0.636. The van der Waals surface area contributed by atoms with E-state index in [0.717, 1.165) is 11.3 Å². The van der Waals surface area contributed by atoms with Crippen LogP contribution in [0.3, 0.4) is 0 Å². The van der Waals surface area contributed by atoms with Crippen LogP contribution in [0.15, 0.2) is 44.2 Å². The van der Waals surface area contributed by atoms with Crippen LogP contribution < -0.4 is 20.9 Å². The van der Waals surface area contributed by atoms with Crippen molar-refractivity contribution in [2.24, 2.45) is 16.6 Å². The first-order valence-electron chi connectivity index (χ1n) is 9.95. The zero-order valence-corrected chi connectivity index (χ0v) is 22.9. The molecule has 0 amide bonds. The monoisotopic (exact) mass is 668 g/mol. The summed E-state index contributed by atoms with van der Waals surface area (Å²) in [7, 11) is -4.07. The molecule has 0 saturated heterocycles. The van der Waals surface area contributed by atoms with Crippen LogP contribution in [-0.4, -0.2) is 62.0 Å². The molecule has 0 aliphatic heterocycles. The van der Waals surface area contributed by atoms with Gasteiger partial charge in [-0.2, -0.15) is 17.9 Å². The number of alkyl halides is 3. The molecule has 1 heterocycles. The van der Waals surface area contributed by atoms with E-state index in [9.17, 15) is 31.5 Å². The van der Waals surface area contributed by atoms with E-state index in [1.54, 1.807) is 24.3 Å². The lowest BCUT2D eigenvalue weighted by Crippen LogP contribution is -2.42. The molecule has 0 spiro atoms. The summed E-state index contributed by atoms with van der Waals surface area (Å²) in [5.74, 6) is -3.66. The number of guanidine groups is 1. The van der Waals surface area contributed by atoms with Gasteiger partial charge in [-0.1, -0.05) is 23.7 Å². The van der Waals surface area contributed by atoms with Gasteiger partial charge >= 0.3 is 18.1 Å². The number of benzene rings is 1. The highest BCUT2D eigenvalue weighted by atomic mass is 79.9. The molecule has 1 aromatic heterocycles. The Morgan fingerprint density at radius 1 is 1.18 bits per heavy atom. The molecule has 0 saturated carbocycles. The van der Waals surface area contributed by atoms with Gasteiger partial charge in [-0.3, -0.25) is 4.79 Å². The highest BCUT2D eigenvalue weighted by molar-refractivity contribution is 9.10. The third-order valence-electron chi connectivity index (χ3n) is 3.89. The summed E-state index contributed by atoms with van der Waals surface area (Å²) in [6, 6.07) is 6.71. The highest BCUT2D eigenvalue weighted by Gasteiger charge is 2.38. The Balaban J connectivity index is 0.000000905. The van der Waals surface area contributed by atoms with Crippen molar-refractivity contribution < 1.29 is 51.0 Å². The van der Waals surface area contributed by atoms with Crippen molar-refractivity contribution in [1.29, 1.82) is 0 Å². The Morgan fingerprint density at radius 2 is 1.76 bits per heavy atom. The summed E-state index contributed by atoms with van der Waals surface area (Å²) in [6.07, 6.45) is -4.60. The summed E-state index contributed by atoms with van der Waals surface area (Å²) in [5.41, 5.74) is 10.9. The van der Waals surface area contributed by atoms with Crippen molar-refractivity contribution in [3.05, 3.63) is 44.7 Å². The van der Waals surface area contributed by atoms with E-state index in [0.29, 0.717) is 24.3 Å². The number of thiophene rings is 1. The Labute approximate surface area is 231 Å². The molecule has 0 aliphatic carbocycles. The highest BCUT2D eigenvalue weighted by Crippen LogP contribution is 2.34. The van der Waals surface area contributed by atoms with Gasteiger partial charge in [0.05, 0.1) is 15.4 Å². The van der Waals surface area contributed by atoms with Crippen LogP contribution in [-0.2, 0) is 30.9 Å². The molecular weight excluding hydrogens is 649 g/mol. The molecule has 7 N–H and O–H groups in total. The number of nitrogens with zero attached hydrogens (tertiary/aromatic N) is 1. The lowest BCUT2D eigenvalue weighted by Gasteiger charge is -2.15. The van der Waals surface area contributed by atoms with Crippen LogP contribution in [0.25, 0.3) is 0 Å². The minimum absolute atomic E-state index is 0.0576. The molecule has 1 aromatic carbocycles. The van der Waals surface area contributed by atoms with Crippen molar-refractivity contribution in [2.45, 2.75) is 29.3 Å². The largest absolute Gasteiger partial charge is 0.493 e. The second-order valence-corrected chi connectivity index (χ2v) is 11.3. The number of sulfonamides is 1. The average molecular weight is 670 g/mol. The molecule has 38 heavy (non-hydrogen) atoms. The molecule has 2 rings (SSSR count). The van der Waals surface area contributed by atoms with E-state index in [1.807, 2.05) is 0 Å². The normalized spacial score (nSPS) is 12.0. The average Bonchev–Trinajstić information content (AvgIpc) is 3.15. The standard InChI is InChI=1S/C17H20BrClN4O6S2.C2HF3O2/c18-12-9-14(19)30-16(12)31(26,27)23-13(15(24)25)8-10-2-4-11(5-3-10)28-6-1-7-29-22-17(20)21;3-2(4,5)1(6)7/h2-5,9,13,23H,1,6-8H2,(H,24,25)(H4,20,21,22);(H,6,7)/t13-;/m0./s1. The van der Waals surface area contributed by atoms with Crippen molar-refractivity contribution in [3.8, 4) is 5.75 Å². The van der Waals surface area contributed by atoms with Gasteiger partial charge in [-0.25, -0.2) is 13.2 Å². The lowest BCUT2D eigenvalue weighted by atomic mass is 10.1. The molecule has 19 heteroatoms. The fraction of sp³-hybridized carbons (Fsp3) is 0.316. The summed E-state index contributed by atoms with van der Waals surface area (Å²) < 4.78 is 65.0. The molecule has 1 atom stereocenters. The number of halogens is 5. The van der Waals surface area contributed by atoms with E-state index in [2.05, 4.69) is 25.8 Å². The lowest BCUT2D eigenvalue weighted by molar-refractivity contribution is -0.192. The predicted octanol–water partition coefficient (Wildman–Crippen LogP) is 2.75. The Bertz CT molecular complexity index is 1220. The second-order valence-electron chi connectivity index (χ2n) is 6.90. The first-order valence-corrected chi connectivity index (χ1v) is 13.4. The van der Waals surface area contributed by atoms with Crippen LogP contribution in [0.2, 0.25) is 4.34 Å². The van der Waals surface area contributed by atoms with Crippen LogP contribution in [0.4, 0.5) is 13.2 Å². The predicted molar refractivity (Wildman–Crippen MR) is 134 cm³/mol. The van der Waals surface area contributed by atoms with Crippen LogP contribution in [0, 0.1) is 0 Å². The fourth-order valence-electron chi connectivity index (χ4n) is 2.32. The number of rotatable bonds is 12. The minimum Gasteiger partial charge on any atom is -0.493 e. The quantitative estimate of drug-likeness (QED) is 0.0968. The number of oxime groups is 1. The Morgan fingerprint density at radius 3 is 2.21 bits per heavy atom. The number of hydrogen-bond acceptors (Lipinski definition) is 8. The topological polar surface area (TPSA) is 204 Å². The van der Waals surface area contributed by atoms with Gasteiger partial charge in [-0.05, 0) is 51.3 Å². The molecule has 0 fully saturated rings. The third kappa shape index (κ3) is 12.2. The summed E-state index contributed by atoms with van der Waals surface area (Å²) >= 11 is 9.78. The molecule has 2 aromatic rings. The van der Waals surface area contributed by atoms with E-state index < -0.39 is 34.2 Å². The number of nitrogens with one attached hydrogen (secondary N) is 1. The zero-order chi connectivity index (χ0) is 29.1. The second kappa shape index (κ2) is 15.0. The number of nitrogens with two attached hydrogens (primary N) is 2. The van der Waals surface area contributed by atoms with Gasteiger partial charge in [0.2, 0.25) is 5.96 Å². The summed E-state index contributed by atoms with van der Waals surface area (Å²) in [4.78, 5) is 25.3. The number of hydrogen-bond donors (Lipinski definition) is 5. The minimum atomic E-state index is -5.08. The first-order chi connectivity index (χ1) is 17.5. The maximum Gasteiger partial charge on any atom is 0.490 e. The molecule has 12 nitrogen and oxygen atoms in total. The zero-order valence-electron chi connectivity index (χ0n) is 18.9. The number of aliphatic carboxylic acids is 2. The molecule has 212 valence electrons. The van der Waals surface area contributed by atoms with Gasteiger partial charge in [0.1, 0.15) is 18.4 Å². The van der Waals surface area contributed by atoms with E-state index in [-0.39, 0.29) is 32.0 Å². The first kappa shape index (κ1) is 33.2. The molecule has 0 unspecified atom stereocenters. The maximum absolute atomic E-state index is 12.6. The van der Waals surface area contributed by atoms with Gasteiger partial charge in [-0.15, -0.1) is 11.3 Å². The molecule has 0 bridgehead atoms. The SMILES string of the molecule is NC(N)=NOCCCOc1ccc(C[C@H](NS(=O)(=O)c2sc(Cl)cc2Br)C(=O)O)cc1.O=C(O)C(F)(F)F. The Kier molecular flexibility index (Phi) is 13.1. The van der Waals surface area contributed by atoms with Gasteiger partial charge in [0.25, 0.3) is 10.0 Å². The van der Waals surface area contributed by atoms with E-state index >= 15 is 0 Å². The Hall–Kier alpha value is -2.80. The molecular formula is C19H21BrClF3N4O8S2. The van der Waals surface area contributed by atoms with Crippen molar-refractivity contribution in [2.75, 3.05) is 13.2 Å². The maximum atomic E-state index is 12.6. The fourth-order valence-corrected chi connectivity index (χ4v) is 6.54. The van der Waals surface area contributed by atoms with Gasteiger partial charge < -0.3 is 31.3 Å².